The van der Waals surface area contributed by atoms with Crippen LogP contribution in [0.15, 0.2) is 42.6 Å². The second-order valence-electron chi connectivity index (χ2n) is 12.1. The van der Waals surface area contributed by atoms with Gasteiger partial charge in [0, 0.05) is 46.2 Å². The number of phenolic OH excluding ortho intramolecular Hbond substituents is 2. The maximum Gasteiger partial charge on any atom is 0.414 e. The van der Waals surface area contributed by atoms with Crippen molar-refractivity contribution >= 4 is 41.5 Å². The molecular weight excluding hydrogens is 701 g/mol. The van der Waals surface area contributed by atoms with E-state index in [9.17, 15) is 34.2 Å². The van der Waals surface area contributed by atoms with Crippen LogP contribution >= 0.6 is 0 Å². The highest BCUT2D eigenvalue weighted by molar-refractivity contribution is 5.97. The molecule has 1 atom stereocenters. The quantitative estimate of drug-likeness (QED) is 0.0900. The van der Waals surface area contributed by atoms with Crippen molar-refractivity contribution in [2.45, 2.75) is 39.2 Å². The lowest BCUT2D eigenvalue weighted by molar-refractivity contribution is -0.119. The highest BCUT2D eigenvalue weighted by Crippen LogP contribution is 2.29. The number of carbonyl (C=O) groups is 5. The zero-order valence-electron chi connectivity index (χ0n) is 28.8. The lowest BCUT2D eigenvalue weighted by atomic mass is 10.1. The predicted molar refractivity (Wildman–Crippen MR) is 183 cm³/mol. The molecule has 2 aliphatic rings. The molecule has 0 radical (unpaired) electrons. The molecule has 2 fully saturated rings. The van der Waals surface area contributed by atoms with Gasteiger partial charge in [-0.1, -0.05) is 11.3 Å². The van der Waals surface area contributed by atoms with Crippen LogP contribution in [0.1, 0.15) is 35.8 Å². The van der Waals surface area contributed by atoms with Crippen LogP contribution in [0.3, 0.4) is 0 Å². The molecular formula is C33H40FN9O10. The number of unbranched alkanes of at least 4 members (excludes halogenated alkanes) is 1. The van der Waals surface area contributed by atoms with Gasteiger partial charge in [0.1, 0.15) is 24.2 Å². The Bertz CT molecular complexity index is 1800. The molecule has 5 N–H and O–H groups in total. The van der Waals surface area contributed by atoms with Crippen molar-refractivity contribution in [3.05, 3.63) is 59.7 Å². The van der Waals surface area contributed by atoms with E-state index in [0.29, 0.717) is 43.0 Å². The number of para-hydroxylation sites is 1. The molecule has 0 bridgehead atoms. The van der Waals surface area contributed by atoms with Crippen molar-refractivity contribution < 1.29 is 52.8 Å². The van der Waals surface area contributed by atoms with Gasteiger partial charge in [-0.15, -0.1) is 5.10 Å². The number of carbonyl (C=O) groups excluding carboxylic acids is 5. The number of hydrogen-bond donors (Lipinski definition) is 5. The number of piperazine rings is 1. The molecule has 2 saturated heterocycles. The zero-order chi connectivity index (χ0) is 37.9. The van der Waals surface area contributed by atoms with E-state index in [1.54, 1.807) is 17.0 Å². The zero-order valence-corrected chi connectivity index (χ0v) is 28.8. The second-order valence-corrected chi connectivity index (χ2v) is 12.1. The normalized spacial score (nSPS) is 15.5. The van der Waals surface area contributed by atoms with Gasteiger partial charge in [0.05, 0.1) is 36.2 Å². The number of amides is 5. The summed E-state index contributed by atoms with van der Waals surface area (Å²) in [4.78, 5) is 64.9. The molecule has 5 rings (SSSR count). The van der Waals surface area contributed by atoms with Crippen LogP contribution in [0.5, 0.6) is 11.5 Å². The molecule has 0 saturated carbocycles. The van der Waals surface area contributed by atoms with E-state index in [1.165, 1.54) is 51.9 Å². The first-order valence-corrected chi connectivity index (χ1v) is 16.8. The largest absolute Gasteiger partial charge is 0.504 e. The van der Waals surface area contributed by atoms with Gasteiger partial charge in [0.2, 0.25) is 5.91 Å². The molecule has 3 aromatic rings. The first kappa shape index (κ1) is 37.9. The molecule has 284 valence electrons. The van der Waals surface area contributed by atoms with Gasteiger partial charge < -0.3 is 50.2 Å². The Balaban J connectivity index is 0.950. The maximum absolute atomic E-state index is 15.2. The highest BCUT2D eigenvalue weighted by Gasteiger charge is 2.33. The Kier molecular flexibility index (Phi) is 12.7. The maximum atomic E-state index is 15.2. The number of halogens is 1. The molecule has 0 spiro atoms. The number of phenols is 2. The number of ether oxygens (including phenoxy) is 3. The van der Waals surface area contributed by atoms with Crippen LogP contribution < -0.4 is 25.8 Å². The van der Waals surface area contributed by atoms with Gasteiger partial charge in [-0.05, 0) is 43.2 Å². The van der Waals surface area contributed by atoms with Gasteiger partial charge in [0.15, 0.2) is 18.2 Å². The molecule has 2 aliphatic heterocycles. The minimum absolute atomic E-state index is 0.0395. The predicted octanol–water partition coefficient (Wildman–Crippen LogP) is 1.64. The summed E-state index contributed by atoms with van der Waals surface area (Å²) in [6, 6.07) is 8.55. The summed E-state index contributed by atoms with van der Waals surface area (Å²) in [7, 11) is 0. The van der Waals surface area contributed by atoms with E-state index < -0.39 is 41.9 Å². The van der Waals surface area contributed by atoms with Crippen LogP contribution in [-0.4, -0.2) is 119 Å². The summed E-state index contributed by atoms with van der Waals surface area (Å²) in [5, 5.41) is 34.9. The smallest absolute Gasteiger partial charge is 0.414 e. The first-order chi connectivity index (χ1) is 25.5. The van der Waals surface area contributed by atoms with Gasteiger partial charge in [0.25, 0.3) is 5.91 Å². The minimum Gasteiger partial charge on any atom is -0.504 e. The van der Waals surface area contributed by atoms with E-state index in [0.717, 1.165) is 0 Å². The topological polar surface area (TPSA) is 230 Å². The molecule has 3 heterocycles. The van der Waals surface area contributed by atoms with Crippen molar-refractivity contribution in [3.63, 3.8) is 0 Å². The van der Waals surface area contributed by atoms with Crippen molar-refractivity contribution in [2.75, 3.05) is 62.2 Å². The molecule has 5 amide bonds. The summed E-state index contributed by atoms with van der Waals surface area (Å²) < 4.78 is 32.2. The number of aromatic nitrogens is 3. The average molecular weight is 742 g/mol. The van der Waals surface area contributed by atoms with Crippen molar-refractivity contribution in [2.24, 2.45) is 0 Å². The van der Waals surface area contributed by atoms with Crippen LogP contribution in [0.2, 0.25) is 0 Å². The van der Waals surface area contributed by atoms with Crippen molar-refractivity contribution in [1.29, 1.82) is 0 Å². The number of cyclic esters (lactones) is 1. The Morgan fingerprint density at radius 3 is 2.49 bits per heavy atom. The summed E-state index contributed by atoms with van der Waals surface area (Å²) in [5.74, 6) is -2.19. The van der Waals surface area contributed by atoms with Crippen molar-refractivity contribution in [1.82, 2.24) is 35.8 Å². The number of hydrogen-bond acceptors (Lipinski definition) is 13. The van der Waals surface area contributed by atoms with Crippen LogP contribution in [0.4, 0.5) is 30.1 Å². The number of alkyl carbamates (subject to hydrolysis) is 1. The number of rotatable bonds is 14. The van der Waals surface area contributed by atoms with Crippen molar-refractivity contribution in [3.8, 4) is 11.5 Å². The summed E-state index contributed by atoms with van der Waals surface area (Å²) in [6.07, 6.45) is 0.0843. The molecule has 1 aromatic heterocycles. The second kappa shape index (κ2) is 17.7. The third kappa shape index (κ3) is 10.4. The third-order valence-corrected chi connectivity index (χ3v) is 8.25. The molecule has 2 aromatic carbocycles. The Morgan fingerprint density at radius 2 is 1.75 bits per heavy atom. The fraction of sp³-hybridized carbons (Fsp3) is 0.424. The standard InChI is InChI=1S/C33H40FN9O10/c1-21(44)37-16-24-18-43(33(50)53-24)23-7-8-27(26(34)15-23)40-11-13-41(14-12-40)32(49)52-20-42-17-22(38-39-42)19-51-31(48)36-10-3-2-9-35-30(47)25-5-4-6-28(45)29(25)46/h4-8,15,17,24,45-46H,2-3,9-14,16,18-20H2,1H3,(H,35,47)(H,36,48)(H,37,44)/t24-/m0/s1. The van der Waals surface area contributed by atoms with E-state index in [4.69, 9.17) is 14.2 Å². The molecule has 20 heteroatoms. The third-order valence-electron chi connectivity index (χ3n) is 8.25. The Labute approximate surface area is 302 Å². The van der Waals surface area contributed by atoms with E-state index in [1.807, 2.05) is 0 Å². The molecule has 0 unspecified atom stereocenters. The highest BCUT2D eigenvalue weighted by atomic mass is 19.1. The fourth-order valence-corrected chi connectivity index (χ4v) is 5.47. The number of aromatic hydroxyl groups is 2. The number of nitrogens with one attached hydrogen (secondary N) is 3. The van der Waals surface area contributed by atoms with Crippen LogP contribution in [-0.2, 0) is 32.3 Å². The van der Waals surface area contributed by atoms with E-state index in [2.05, 4.69) is 26.3 Å². The summed E-state index contributed by atoms with van der Waals surface area (Å²) >= 11 is 0. The van der Waals surface area contributed by atoms with Gasteiger partial charge in [-0.2, -0.15) is 0 Å². The van der Waals surface area contributed by atoms with E-state index >= 15 is 4.39 Å². The Morgan fingerprint density at radius 1 is 1.00 bits per heavy atom. The lowest BCUT2D eigenvalue weighted by Crippen LogP contribution is -2.49. The van der Waals surface area contributed by atoms with Gasteiger partial charge in [-0.3, -0.25) is 14.5 Å². The molecule has 19 nitrogen and oxygen atoms in total. The van der Waals surface area contributed by atoms with Crippen LogP contribution in [0.25, 0.3) is 0 Å². The first-order valence-electron chi connectivity index (χ1n) is 16.8. The summed E-state index contributed by atoms with van der Waals surface area (Å²) in [6.45, 7) is 3.07. The average Bonchev–Trinajstić information content (AvgIpc) is 3.77. The molecule has 53 heavy (non-hydrogen) atoms. The Hall–Kier alpha value is -6.34. The molecule has 0 aliphatic carbocycles. The van der Waals surface area contributed by atoms with Gasteiger partial charge >= 0.3 is 18.3 Å². The summed E-state index contributed by atoms with van der Waals surface area (Å²) in [5.41, 5.74) is 0.938. The SMILES string of the molecule is CC(=O)NC[C@H]1CN(c2ccc(N3CCN(C(=O)OCn4cc(COC(=O)NCCCCNC(=O)c5cccc(O)c5O)nn4)CC3)c(F)c2)C(=O)O1. The van der Waals surface area contributed by atoms with Gasteiger partial charge in [-0.25, -0.2) is 23.5 Å². The van der Waals surface area contributed by atoms with E-state index in [-0.39, 0.29) is 69.8 Å². The number of anilines is 2. The minimum atomic E-state index is -0.681. The number of nitrogens with zero attached hydrogens (tertiary/aromatic N) is 6. The fourth-order valence-electron chi connectivity index (χ4n) is 5.47. The van der Waals surface area contributed by atoms with Crippen LogP contribution in [0, 0.1) is 5.82 Å². The monoisotopic (exact) mass is 741 g/mol. The number of benzene rings is 2. The lowest BCUT2D eigenvalue weighted by Gasteiger charge is -2.35.